The molecular formula is C15H17NO. The summed E-state index contributed by atoms with van der Waals surface area (Å²) in [5.74, 6) is 0. The Bertz CT molecular complexity index is 450. The molecule has 1 unspecified atom stereocenters. The molecule has 0 spiro atoms. The van der Waals surface area contributed by atoms with Gasteiger partial charge in [0.1, 0.15) is 0 Å². The van der Waals surface area contributed by atoms with Crippen LogP contribution in [0.3, 0.4) is 0 Å². The summed E-state index contributed by atoms with van der Waals surface area (Å²) in [6.07, 6.45) is 2.94. The second-order valence-corrected chi connectivity index (χ2v) is 4.27. The average Bonchev–Trinajstić information content (AvgIpc) is 2.38. The Kier molecular flexibility index (Phi) is 3.89. The first-order chi connectivity index (χ1) is 8.25. The highest BCUT2D eigenvalue weighted by atomic mass is 16.3. The van der Waals surface area contributed by atoms with Crippen molar-refractivity contribution in [2.45, 2.75) is 25.9 Å². The lowest BCUT2D eigenvalue weighted by Crippen LogP contribution is -2.00. The Morgan fingerprint density at radius 2 is 1.88 bits per heavy atom. The van der Waals surface area contributed by atoms with Gasteiger partial charge in [0, 0.05) is 11.9 Å². The van der Waals surface area contributed by atoms with Crippen LogP contribution < -0.4 is 0 Å². The lowest BCUT2D eigenvalue weighted by molar-refractivity contribution is 0.167. The van der Waals surface area contributed by atoms with Gasteiger partial charge in [0.25, 0.3) is 0 Å². The van der Waals surface area contributed by atoms with Gasteiger partial charge < -0.3 is 5.11 Å². The van der Waals surface area contributed by atoms with Crippen LogP contribution in [0.25, 0.3) is 0 Å². The van der Waals surface area contributed by atoms with Gasteiger partial charge in [0.05, 0.1) is 6.10 Å². The summed E-state index contributed by atoms with van der Waals surface area (Å²) >= 11 is 0. The molecule has 1 N–H and O–H groups in total. The van der Waals surface area contributed by atoms with E-state index in [2.05, 4.69) is 17.1 Å². The van der Waals surface area contributed by atoms with Crippen LogP contribution in [0.2, 0.25) is 0 Å². The van der Waals surface area contributed by atoms with Crippen molar-refractivity contribution in [3.63, 3.8) is 0 Å². The molecule has 0 radical (unpaired) electrons. The predicted molar refractivity (Wildman–Crippen MR) is 68.7 cm³/mol. The lowest BCUT2D eigenvalue weighted by Gasteiger charge is -2.10. The molecule has 1 aromatic heterocycles. The number of aryl methyl sites for hydroxylation is 2. The maximum Gasteiger partial charge on any atom is 0.0808 e. The van der Waals surface area contributed by atoms with Gasteiger partial charge in [-0.05, 0) is 37.0 Å². The standard InChI is InChI=1S/C15H17NO/c1-12-7-9-14(11-16-12)15(17)10-8-13-5-3-2-4-6-13/h2-7,9,11,15,17H,8,10H2,1H3. The first kappa shape index (κ1) is 11.8. The summed E-state index contributed by atoms with van der Waals surface area (Å²) in [4.78, 5) is 4.20. The van der Waals surface area contributed by atoms with Crippen molar-refractivity contribution in [1.29, 1.82) is 0 Å². The number of nitrogens with zero attached hydrogens (tertiary/aromatic N) is 1. The maximum absolute atomic E-state index is 10.0. The van der Waals surface area contributed by atoms with E-state index in [-0.39, 0.29) is 0 Å². The molecule has 17 heavy (non-hydrogen) atoms. The van der Waals surface area contributed by atoms with Gasteiger partial charge in [-0.25, -0.2) is 0 Å². The molecule has 1 aromatic carbocycles. The zero-order chi connectivity index (χ0) is 12.1. The Morgan fingerprint density at radius 1 is 1.12 bits per heavy atom. The van der Waals surface area contributed by atoms with Gasteiger partial charge in [0.15, 0.2) is 0 Å². The van der Waals surface area contributed by atoms with Crippen LogP contribution >= 0.6 is 0 Å². The minimum Gasteiger partial charge on any atom is -0.388 e. The van der Waals surface area contributed by atoms with Gasteiger partial charge >= 0.3 is 0 Å². The van der Waals surface area contributed by atoms with Gasteiger partial charge in [0.2, 0.25) is 0 Å². The molecule has 0 aliphatic heterocycles. The minimum atomic E-state index is -0.427. The topological polar surface area (TPSA) is 33.1 Å². The quantitative estimate of drug-likeness (QED) is 0.870. The molecule has 0 amide bonds. The lowest BCUT2D eigenvalue weighted by atomic mass is 10.0. The normalized spacial score (nSPS) is 12.4. The smallest absolute Gasteiger partial charge is 0.0808 e. The number of hydrogen-bond donors (Lipinski definition) is 1. The Labute approximate surface area is 102 Å². The van der Waals surface area contributed by atoms with Crippen LogP contribution in [0.4, 0.5) is 0 Å². The third-order valence-electron chi connectivity index (χ3n) is 2.87. The van der Waals surface area contributed by atoms with E-state index in [1.54, 1.807) is 6.20 Å². The number of aliphatic hydroxyl groups excluding tert-OH is 1. The van der Waals surface area contributed by atoms with E-state index in [9.17, 15) is 5.11 Å². The second-order valence-electron chi connectivity index (χ2n) is 4.27. The van der Waals surface area contributed by atoms with Crippen molar-refractivity contribution in [3.8, 4) is 0 Å². The zero-order valence-corrected chi connectivity index (χ0v) is 10.0. The van der Waals surface area contributed by atoms with E-state index >= 15 is 0 Å². The first-order valence-corrected chi connectivity index (χ1v) is 5.90. The molecule has 0 aliphatic rings. The molecule has 2 aromatic rings. The predicted octanol–water partition coefficient (Wildman–Crippen LogP) is 3.06. The van der Waals surface area contributed by atoms with Gasteiger partial charge in [-0.15, -0.1) is 0 Å². The number of aliphatic hydroxyl groups is 1. The summed E-state index contributed by atoms with van der Waals surface area (Å²) < 4.78 is 0. The molecule has 0 aliphatic carbocycles. The van der Waals surface area contributed by atoms with E-state index < -0.39 is 6.10 Å². The van der Waals surface area contributed by atoms with Gasteiger partial charge in [-0.3, -0.25) is 4.98 Å². The highest BCUT2D eigenvalue weighted by Crippen LogP contribution is 2.18. The highest BCUT2D eigenvalue weighted by molar-refractivity contribution is 5.18. The molecular weight excluding hydrogens is 210 g/mol. The number of benzene rings is 1. The van der Waals surface area contributed by atoms with E-state index in [1.807, 2.05) is 37.3 Å². The second kappa shape index (κ2) is 5.60. The first-order valence-electron chi connectivity index (χ1n) is 5.90. The van der Waals surface area contributed by atoms with Crippen molar-refractivity contribution in [2.24, 2.45) is 0 Å². The van der Waals surface area contributed by atoms with Crippen LogP contribution in [-0.2, 0) is 6.42 Å². The number of rotatable bonds is 4. The summed E-state index contributed by atoms with van der Waals surface area (Å²) in [7, 11) is 0. The van der Waals surface area contributed by atoms with Crippen molar-refractivity contribution < 1.29 is 5.11 Å². The van der Waals surface area contributed by atoms with Crippen molar-refractivity contribution in [3.05, 3.63) is 65.5 Å². The van der Waals surface area contributed by atoms with Crippen LogP contribution in [0.15, 0.2) is 48.7 Å². The fraction of sp³-hybridized carbons (Fsp3) is 0.267. The number of aromatic nitrogens is 1. The molecule has 1 heterocycles. The van der Waals surface area contributed by atoms with Crippen LogP contribution in [0.1, 0.15) is 29.3 Å². The van der Waals surface area contributed by atoms with E-state index in [1.165, 1.54) is 5.56 Å². The SMILES string of the molecule is Cc1ccc(C(O)CCc2ccccc2)cn1. The molecule has 2 heteroatoms. The fourth-order valence-corrected chi connectivity index (χ4v) is 1.79. The number of pyridine rings is 1. The Hall–Kier alpha value is -1.67. The molecule has 0 saturated carbocycles. The Balaban J connectivity index is 1.93. The average molecular weight is 227 g/mol. The third-order valence-corrected chi connectivity index (χ3v) is 2.87. The molecule has 2 nitrogen and oxygen atoms in total. The van der Waals surface area contributed by atoms with Crippen LogP contribution in [0, 0.1) is 6.92 Å². The molecule has 0 bridgehead atoms. The van der Waals surface area contributed by atoms with E-state index in [0.29, 0.717) is 0 Å². The van der Waals surface area contributed by atoms with Crippen LogP contribution in [-0.4, -0.2) is 10.1 Å². The van der Waals surface area contributed by atoms with Gasteiger partial charge in [-0.1, -0.05) is 36.4 Å². The van der Waals surface area contributed by atoms with Crippen LogP contribution in [0.5, 0.6) is 0 Å². The minimum absolute atomic E-state index is 0.427. The maximum atomic E-state index is 10.0. The van der Waals surface area contributed by atoms with Crippen molar-refractivity contribution >= 4 is 0 Å². The van der Waals surface area contributed by atoms with Crippen molar-refractivity contribution in [1.82, 2.24) is 4.98 Å². The summed E-state index contributed by atoms with van der Waals surface area (Å²) in [5.41, 5.74) is 3.13. The third kappa shape index (κ3) is 3.40. The molecule has 0 saturated heterocycles. The van der Waals surface area contributed by atoms with Crippen molar-refractivity contribution in [2.75, 3.05) is 0 Å². The number of hydrogen-bond acceptors (Lipinski definition) is 2. The molecule has 1 atom stereocenters. The Morgan fingerprint density at radius 3 is 2.53 bits per heavy atom. The summed E-state index contributed by atoms with van der Waals surface area (Å²) in [6.45, 7) is 1.94. The van der Waals surface area contributed by atoms with E-state index in [4.69, 9.17) is 0 Å². The summed E-state index contributed by atoms with van der Waals surface area (Å²) in [5, 5.41) is 10.0. The van der Waals surface area contributed by atoms with Gasteiger partial charge in [-0.2, -0.15) is 0 Å². The van der Waals surface area contributed by atoms with E-state index in [0.717, 1.165) is 24.1 Å². The molecule has 0 fully saturated rings. The fourth-order valence-electron chi connectivity index (χ4n) is 1.79. The summed E-state index contributed by atoms with van der Waals surface area (Å²) in [6, 6.07) is 14.1. The molecule has 88 valence electrons. The highest BCUT2D eigenvalue weighted by Gasteiger charge is 2.07. The largest absolute Gasteiger partial charge is 0.388 e. The monoisotopic (exact) mass is 227 g/mol. The molecule has 2 rings (SSSR count). The zero-order valence-electron chi connectivity index (χ0n) is 10.0.